The summed E-state index contributed by atoms with van der Waals surface area (Å²) < 4.78 is 5.60. The Hall–Kier alpha value is -1.86. The molecule has 2 rings (SSSR count). The van der Waals surface area contributed by atoms with E-state index < -0.39 is 5.91 Å². The van der Waals surface area contributed by atoms with Crippen molar-refractivity contribution in [3.8, 4) is 0 Å². The normalized spacial score (nSPS) is 10.2. The standard InChI is InChI=1S/C15H15BrN2O3S/c1-2-7-18(10-11-4-3-8-22-11)14(19)9-17-15(20)12-5-6-13(16)21-12/h2-6,8H,1,7,9-10H2,(H,17,20). The molecule has 0 unspecified atom stereocenters. The van der Waals surface area contributed by atoms with Gasteiger partial charge in [-0.3, -0.25) is 9.59 Å². The highest BCUT2D eigenvalue weighted by molar-refractivity contribution is 9.10. The fraction of sp³-hybridized carbons (Fsp3) is 0.200. The maximum absolute atomic E-state index is 12.2. The van der Waals surface area contributed by atoms with Crippen LogP contribution in [0.4, 0.5) is 0 Å². The lowest BCUT2D eigenvalue weighted by molar-refractivity contribution is -0.130. The van der Waals surface area contributed by atoms with Crippen LogP contribution in [-0.4, -0.2) is 29.8 Å². The molecule has 0 aliphatic carbocycles. The van der Waals surface area contributed by atoms with Crippen molar-refractivity contribution in [2.45, 2.75) is 6.54 Å². The first-order chi connectivity index (χ1) is 10.6. The molecule has 0 atom stereocenters. The molecule has 0 radical (unpaired) electrons. The Morgan fingerprint density at radius 1 is 1.41 bits per heavy atom. The molecule has 22 heavy (non-hydrogen) atoms. The van der Waals surface area contributed by atoms with Crippen molar-refractivity contribution in [2.24, 2.45) is 0 Å². The number of hydrogen-bond acceptors (Lipinski definition) is 4. The summed E-state index contributed by atoms with van der Waals surface area (Å²) >= 11 is 4.71. The lowest BCUT2D eigenvalue weighted by Gasteiger charge is -2.20. The predicted octanol–water partition coefficient (Wildman–Crippen LogP) is 3.05. The minimum Gasteiger partial charge on any atom is -0.444 e. The van der Waals surface area contributed by atoms with E-state index in [0.717, 1.165) is 4.88 Å². The number of halogens is 1. The van der Waals surface area contributed by atoms with Crippen LogP contribution < -0.4 is 5.32 Å². The zero-order valence-corrected chi connectivity index (χ0v) is 14.2. The third-order valence-corrected chi connectivity index (χ3v) is 4.11. The van der Waals surface area contributed by atoms with Gasteiger partial charge in [-0.1, -0.05) is 12.1 Å². The Balaban J connectivity index is 1.90. The van der Waals surface area contributed by atoms with E-state index in [4.69, 9.17) is 4.42 Å². The molecule has 0 aromatic carbocycles. The third kappa shape index (κ3) is 4.57. The van der Waals surface area contributed by atoms with Crippen LogP contribution in [0, 0.1) is 0 Å². The zero-order valence-electron chi connectivity index (χ0n) is 11.8. The highest BCUT2D eigenvalue weighted by Gasteiger charge is 2.16. The molecule has 7 heteroatoms. The fourth-order valence-electron chi connectivity index (χ4n) is 1.79. The molecule has 0 aliphatic heterocycles. The van der Waals surface area contributed by atoms with Gasteiger partial charge in [0.05, 0.1) is 13.1 Å². The maximum Gasteiger partial charge on any atom is 0.287 e. The molecule has 0 saturated carbocycles. The minimum atomic E-state index is -0.422. The molecule has 0 fully saturated rings. The lowest BCUT2D eigenvalue weighted by Crippen LogP contribution is -2.39. The van der Waals surface area contributed by atoms with Gasteiger partial charge >= 0.3 is 0 Å². The Kier molecular flexibility index (Phi) is 5.97. The zero-order chi connectivity index (χ0) is 15.9. The summed E-state index contributed by atoms with van der Waals surface area (Å²) in [5.41, 5.74) is 0. The molecule has 2 aromatic heterocycles. The quantitative estimate of drug-likeness (QED) is 0.748. The van der Waals surface area contributed by atoms with E-state index in [1.807, 2.05) is 17.5 Å². The van der Waals surface area contributed by atoms with Crippen molar-refractivity contribution in [2.75, 3.05) is 13.1 Å². The molecular formula is C15H15BrN2O3S. The minimum absolute atomic E-state index is 0.0869. The Morgan fingerprint density at radius 2 is 2.23 bits per heavy atom. The molecule has 2 amide bonds. The van der Waals surface area contributed by atoms with Crippen LogP contribution in [0.2, 0.25) is 0 Å². The first-order valence-corrected chi connectivity index (χ1v) is 8.22. The second-order valence-corrected chi connectivity index (χ2v) is 6.24. The molecule has 2 heterocycles. The Bertz CT molecular complexity index is 652. The lowest BCUT2D eigenvalue weighted by atomic mass is 10.3. The highest BCUT2D eigenvalue weighted by atomic mass is 79.9. The van der Waals surface area contributed by atoms with E-state index in [9.17, 15) is 9.59 Å². The van der Waals surface area contributed by atoms with Crippen molar-refractivity contribution in [1.29, 1.82) is 0 Å². The third-order valence-electron chi connectivity index (χ3n) is 2.83. The van der Waals surface area contributed by atoms with Gasteiger partial charge in [0.15, 0.2) is 10.4 Å². The van der Waals surface area contributed by atoms with Gasteiger partial charge in [-0.25, -0.2) is 0 Å². The summed E-state index contributed by atoms with van der Waals surface area (Å²) in [4.78, 5) is 26.8. The van der Waals surface area contributed by atoms with Crippen molar-refractivity contribution >= 4 is 39.1 Å². The van der Waals surface area contributed by atoms with E-state index in [-0.39, 0.29) is 18.2 Å². The van der Waals surface area contributed by atoms with Gasteiger partial charge in [-0.15, -0.1) is 17.9 Å². The van der Waals surface area contributed by atoms with Crippen LogP contribution in [0.3, 0.4) is 0 Å². The number of nitrogens with one attached hydrogen (secondary N) is 1. The number of amides is 2. The molecule has 116 valence electrons. The van der Waals surface area contributed by atoms with Gasteiger partial charge in [0, 0.05) is 11.4 Å². The average molecular weight is 383 g/mol. The largest absolute Gasteiger partial charge is 0.444 e. The van der Waals surface area contributed by atoms with Gasteiger partial charge in [0.25, 0.3) is 5.91 Å². The van der Waals surface area contributed by atoms with Gasteiger partial charge in [0.1, 0.15) is 0 Å². The molecular weight excluding hydrogens is 368 g/mol. The summed E-state index contributed by atoms with van der Waals surface area (Å²) in [6.07, 6.45) is 1.66. The molecule has 0 bridgehead atoms. The fourth-order valence-corrected chi connectivity index (χ4v) is 2.82. The smallest absolute Gasteiger partial charge is 0.287 e. The Labute approximate surface area is 140 Å². The first-order valence-electron chi connectivity index (χ1n) is 6.54. The first kappa shape index (κ1) is 16.5. The highest BCUT2D eigenvalue weighted by Crippen LogP contribution is 2.14. The molecule has 0 aliphatic rings. The van der Waals surface area contributed by atoms with Crippen molar-refractivity contribution in [3.63, 3.8) is 0 Å². The number of rotatable bonds is 7. The second kappa shape index (κ2) is 7.95. The van der Waals surface area contributed by atoms with Crippen LogP contribution in [0.5, 0.6) is 0 Å². The van der Waals surface area contributed by atoms with E-state index in [2.05, 4.69) is 27.8 Å². The SMILES string of the molecule is C=CCN(Cc1cccs1)C(=O)CNC(=O)c1ccc(Br)o1. The second-order valence-electron chi connectivity index (χ2n) is 4.43. The number of carbonyl (C=O) groups excluding carboxylic acids is 2. The van der Waals surface area contributed by atoms with Crippen molar-refractivity contribution < 1.29 is 14.0 Å². The number of nitrogens with zero attached hydrogens (tertiary/aromatic N) is 1. The van der Waals surface area contributed by atoms with Crippen molar-refractivity contribution in [3.05, 3.63) is 57.6 Å². The van der Waals surface area contributed by atoms with E-state index in [1.165, 1.54) is 6.07 Å². The maximum atomic E-state index is 12.2. The van der Waals surface area contributed by atoms with Crippen LogP contribution >= 0.6 is 27.3 Å². The average Bonchev–Trinajstić information content (AvgIpc) is 3.15. The van der Waals surface area contributed by atoms with Gasteiger partial charge < -0.3 is 14.6 Å². The van der Waals surface area contributed by atoms with Crippen molar-refractivity contribution in [1.82, 2.24) is 10.2 Å². The van der Waals surface area contributed by atoms with Crippen LogP contribution in [0.25, 0.3) is 0 Å². The Morgan fingerprint density at radius 3 is 2.82 bits per heavy atom. The summed E-state index contributed by atoms with van der Waals surface area (Å²) in [5.74, 6) is -0.436. The predicted molar refractivity (Wildman–Crippen MR) is 88.7 cm³/mol. The molecule has 0 saturated heterocycles. The van der Waals surface area contributed by atoms with Crippen LogP contribution in [-0.2, 0) is 11.3 Å². The topological polar surface area (TPSA) is 62.6 Å². The molecule has 0 spiro atoms. The summed E-state index contributed by atoms with van der Waals surface area (Å²) in [5, 5.41) is 4.52. The van der Waals surface area contributed by atoms with Gasteiger partial charge in [-0.2, -0.15) is 0 Å². The number of thiophene rings is 1. The molecule has 5 nitrogen and oxygen atoms in total. The number of hydrogen-bond donors (Lipinski definition) is 1. The van der Waals surface area contributed by atoms with Gasteiger partial charge in [-0.05, 0) is 39.5 Å². The van der Waals surface area contributed by atoms with Crippen LogP contribution in [0.15, 0.2) is 51.4 Å². The monoisotopic (exact) mass is 382 g/mol. The summed E-state index contributed by atoms with van der Waals surface area (Å²) in [6, 6.07) is 7.06. The molecule has 2 aromatic rings. The summed E-state index contributed by atoms with van der Waals surface area (Å²) in [6.45, 7) is 4.51. The summed E-state index contributed by atoms with van der Waals surface area (Å²) in [7, 11) is 0. The van der Waals surface area contributed by atoms with Gasteiger partial charge in [0.2, 0.25) is 5.91 Å². The van der Waals surface area contributed by atoms with E-state index in [0.29, 0.717) is 17.8 Å². The number of furan rings is 1. The number of carbonyl (C=O) groups is 2. The van der Waals surface area contributed by atoms with E-state index >= 15 is 0 Å². The molecule has 1 N–H and O–H groups in total. The van der Waals surface area contributed by atoms with Crippen LogP contribution in [0.1, 0.15) is 15.4 Å². The van der Waals surface area contributed by atoms with E-state index in [1.54, 1.807) is 28.4 Å².